The molecule has 3 rings (SSSR count). The molecule has 1 aromatic carbocycles. The lowest BCUT2D eigenvalue weighted by Gasteiger charge is -2.09. The van der Waals surface area contributed by atoms with E-state index in [0.29, 0.717) is 16.6 Å². The fourth-order valence-electron chi connectivity index (χ4n) is 2.27. The minimum atomic E-state index is -0.335. The molecule has 0 aliphatic rings. The smallest absolute Gasteiger partial charge is 0.293 e. The second kappa shape index (κ2) is 6.76. The van der Waals surface area contributed by atoms with E-state index < -0.39 is 0 Å². The number of hydrogen-bond acceptors (Lipinski definition) is 6. The number of aryl methyl sites for hydroxylation is 1. The summed E-state index contributed by atoms with van der Waals surface area (Å²) in [4.78, 5) is 17.6. The van der Waals surface area contributed by atoms with Gasteiger partial charge in [-0.15, -0.1) is 11.3 Å². The van der Waals surface area contributed by atoms with Crippen LogP contribution in [-0.4, -0.2) is 25.1 Å². The Hall–Kier alpha value is -2.80. The molecule has 6 nitrogen and oxygen atoms in total. The zero-order valence-electron chi connectivity index (χ0n) is 13.5. The number of nitrogens with zero attached hydrogens (tertiary/aromatic N) is 1. The number of furan rings is 1. The molecule has 0 atom stereocenters. The van der Waals surface area contributed by atoms with E-state index in [1.807, 2.05) is 25.1 Å². The average molecular weight is 344 g/mol. The van der Waals surface area contributed by atoms with Gasteiger partial charge in [0.25, 0.3) is 5.91 Å². The molecule has 7 heteroatoms. The van der Waals surface area contributed by atoms with Crippen LogP contribution in [0.3, 0.4) is 0 Å². The molecule has 0 radical (unpaired) electrons. The van der Waals surface area contributed by atoms with Gasteiger partial charge in [0.05, 0.1) is 26.2 Å². The highest BCUT2D eigenvalue weighted by molar-refractivity contribution is 7.16. The van der Waals surface area contributed by atoms with E-state index >= 15 is 0 Å². The van der Waals surface area contributed by atoms with Crippen molar-refractivity contribution in [3.63, 3.8) is 0 Å². The maximum Gasteiger partial charge on any atom is 0.293 e. The third-order valence-electron chi connectivity index (χ3n) is 3.42. The molecule has 3 aromatic rings. The minimum Gasteiger partial charge on any atom is -0.497 e. The van der Waals surface area contributed by atoms with E-state index in [1.165, 1.54) is 17.6 Å². The van der Waals surface area contributed by atoms with Crippen molar-refractivity contribution in [2.45, 2.75) is 6.92 Å². The summed E-state index contributed by atoms with van der Waals surface area (Å²) in [5.74, 6) is 1.30. The van der Waals surface area contributed by atoms with Gasteiger partial charge in [0.2, 0.25) is 0 Å². The summed E-state index contributed by atoms with van der Waals surface area (Å²) >= 11 is 1.39. The SMILES string of the molecule is COc1ccc(OC)c(-c2nc(NC(=O)c3ccco3)sc2C)c1. The molecule has 0 aliphatic carbocycles. The highest BCUT2D eigenvalue weighted by Crippen LogP contribution is 2.38. The number of carbonyl (C=O) groups excluding carboxylic acids is 1. The van der Waals surface area contributed by atoms with E-state index in [-0.39, 0.29) is 11.7 Å². The Morgan fingerprint density at radius 2 is 2.08 bits per heavy atom. The maximum atomic E-state index is 12.1. The van der Waals surface area contributed by atoms with E-state index in [2.05, 4.69) is 10.3 Å². The first-order valence-electron chi connectivity index (χ1n) is 7.17. The number of rotatable bonds is 5. The van der Waals surface area contributed by atoms with Gasteiger partial charge in [0.15, 0.2) is 10.9 Å². The molecule has 1 N–H and O–H groups in total. The van der Waals surface area contributed by atoms with Crippen molar-refractivity contribution < 1.29 is 18.7 Å². The first-order valence-corrected chi connectivity index (χ1v) is 7.98. The molecule has 2 heterocycles. The third kappa shape index (κ3) is 3.11. The molecule has 2 aromatic heterocycles. The number of methoxy groups -OCH3 is 2. The van der Waals surface area contributed by atoms with Crippen LogP contribution in [0.5, 0.6) is 11.5 Å². The summed E-state index contributed by atoms with van der Waals surface area (Å²) in [6.07, 6.45) is 1.45. The van der Waals surface area contributed by atoms with Gasteiger partial charge in [0.1, 0.15) is 11.5 Å². The van der Waals surface area contributed by atoms with Crippen molar-refractivity contribution in [1.82, 2.24) is 4.98 Å². The predicted molar refractivity (Wildman–Crippen MR) is 92.1 cm³/mol. The summed E-state index contributed by atoms with van der Waals surface area (Å²) in [6, 6.07) is 8.77. The Balaban J connectivity index is 1.93. The van der Waals surface area contributed by atoms with Crippen LogP contribution >= 0.6 is 11.3 Å². The van der Waals surface area contributed by atoms with Crippen LogP contribution in [0.15, 0.2) is 41.0 Å². The van der Waals surface area contributed by atoms with Crippen molar-refractivity contribution in [3.8, 4) is 22.8 Å². The van der Waals surface area contributed by atoms with Gasteiger partial charge in [0, 0.05) is 10.4 Å². The molecule has 0 saturated carbocycles. The number of nitrogens with one attached hydrogen (secondary N) is 1. The Labute approximate surface area is 143 Å². The molecule has 0 fully saturated rings. The van der Waals surface area contributed by atoms with Gasteiger partial charge < -0.3 is 13.9 Å². The van der Waals surface area contributed by atoms with Gasteiger partial charge in [-0.2, -0.15) is 0 Å². The Morgan fingerprint density at radius 3 is 2.75 bits per heavy atom. The monoisotopic (exact) mass is 344 g/mol. The van der Waals surface area contributed by atoms with Gasteiger partial charge in [-0.25, -0.2) is 4.98 Å². The molecule has 1 amide bonds. The fourth-order valence-corrected chi connectivity index (χ4v) is 3.09. The van der Waals surface area contributed by atoms with Crippen molar-refractivity contribution in [2.24, 2.45) is 0 Å². The van der Waals surface area contributed by atoms with E-state index in [0.717, 1.165) is 16.1 Å². The number of anilines is 1. The summed E-state index contributed by atoms with van der Waals surface area (Å²) in [7, 11) is 3.21. The van der Waals surface area contributed by atoms with Crippen molar-refractivity contribution in [2.75, 3.05) is 19.5 Å². The molecule has 24 heavy (non-hydrogen) atoms. The standard InChI is InChI=1S/C17H16N2O4S/c1-10-15(12-9-11(21-2)6-7-13(12)22-3)18-17(24-10)19-16(20)14-5-4-8-23-14/h4-9H,1-3H3,(H,18,19,20). The second-order valence-corrected chi connectivity index (χ2v) is 6.12. The second-order valence-electron chi connectivity index (χ2n) is 4.92. The van der Waals surface area contributed by atoms with Gasteiger partial charge in [-0.1, -0.05) is 0 Å². The van der Waals surface area contributed by atoms with Crippen LogP contribution in [0.4, 0.5) is 5.13 Å². The summed E-state index contributed by atoms with van der Waals surface area (Å²) < 4.78 is 15.8. The normalized spacial score (nSPS) is 10.5. The van der Waals surface area contributed by atoms with Gasteiger partial charge >= 0.3 is 0 Å². The summed E-state index contributed by atoms with van der Waals surface area (Å²) in [5, 5.41) is 3.24. The number of thiazole rings is 1. The third-order valence-corrected chi connectivity index (χ3v) is 4.31. The van der Waals surface area contributed by atoms with E-state index in [1.54, 1.807) is 26.4 Å². The fraction of sp³-hybridized carbons (Fsp3) is 0.176. The summed E-state index contributed by atoms with van der Waals surface area (Å²) in [6.45, 7) is 1.94. The Bertz CT molecular complexity index is 856. The topological polar surface area (TPSA) is 73.6 Å². The van der Waals surface area contributed by atoms with E-state index in [9.17, 15) is 4.79 Å². The highest BCUT2D eigenvalue weighted by Gasteiger charge is 2.17. The lowest BCUT2D eigenvalue weighted by molar-refractivity contribution is 0.0996. The number of hydrogen-bond donors (Lipinski definition) is 1. The maximum absolute atomic E-state index is 12.1. The minimum absolute atomic E-state index is 0.239. The lowest BCUT2D eigenvalue weighted by Crippen LogP contribution is -2.10. The zero-order chi connectivity index (χ0) is 17.1. The van der Waals surface area contributed by atoms with Crippen LogP contribution in [-0.2, 0) is 0 Å². The molecular weight excluding hydrogens is 328 g/mol. The molecule has 124 valence electrons. The molecule has 0 spiro atoms. The predicted octanol–water partition coefficient (Wildman–Crippen LogP) is 3.98. The first kappa shape index (κ1) is 16.1. The number of carbonyl (C=O) groups is 1. The molecule has 0 aliphatic heterocycles. The number of benzene rings is 1. The van der Waals surface area contributed by atoms with Crippen molar-refractivity contribution >= 4 is 22.4 Å². The molecule has 0 saturated heterocycles. The quantitative estimate of drug-likeness (QED) is 0.758. The largest absolute Gasteiger partial charge is 0.497 e. The van der Waals surface area contributed by atoms with Crippen LogP contribution in [0.1, 0.15) is 15.4 Å². The average Bonchev–Trinajstić information content (AvgIpc) is 3.24. The Kier molecular flexibility index (Phi) is 4.52. The number of amides is 1. The molecular formula is C17H16N2O4S. The zero-order valence-corrected chi connectivity index (χ0v) is 14.3. The van der Waals surface area contributed by atoms with Gasteiger partial charge in [-0.3, -0.25) is 10.1 Å². The van der Waals surface area contributed by atoms with E-state index in [4.69, 9.17) is 13.9 Å². The van der Waals surface area contributed by atoms with Gasteiger partial charge in [-0.05, 0) is 37.3 Å². The molecule has 0 bridgehead atoms. The summed E-state index contributed by atoms with van der Waals surface area (Å²) in [5.41, 5.74) is 1.55. The number of ether oxygens (including phenoxy) is 2. The van der Waals surface area contributed by atoms with Crippen molar-refractivity contribution in [1.29, 1.82) is 0 Å². The van der Waals surface area contributed by atoms with Crippen molar-refractivity contribution in [3.05, 3.63) is 47.2 Å². The first-order chi connectivity index (χ1) is 11.6. The highest BCUT2D eigenvalue weighted by atomic mass is 32.1. The van der Waals surface area contributed by atoms with Crippen LogP contribution in [0, 0.1) is 6.92 Å². The number of aromatic nitrogens is 1. The van der Waals surface area contributed by atoms with Crippen LogP contribution in [0.25, 0.3) is 11.3 Å². The molecule has 0 unspecified atom stereocenters. The lowest BCUT2D eigenvalue weighted by atomic mass is 10.1. The van der Waals surface area contributed by atoms with Crippen LogP contribution < -0.4 is 14.8 Å². The van der Waals surface area contributed by atoms with Crippen LogP contribution in [0.2, 0.25) is 0 Å². The Morgan fingerprint density at radius 1 is 1.25 bits per heavy atom.